The Labute approximate surface area is 178 Å². The minimum absolute atomic E-state index is 0.0345. The molecule has 0 atom stereocenters. The maximum atomic E-state index is 13.6. The first-order chi connectivity index (χ1) is 14.8. The van der Waals surface area contributed by atoms with Crippen LogP contribution in [0.5, 0.6) is 0 Å². The van der Waals surface area contributed by atoms with Gasteiger partial charge in [0.15, 0.2) is 5.82 Å². The van der Waals surface area contributed by atoms with E-state index in [1.165, 1.54) is 28.6 Å². The summed E-state index contributed by atoms with van der Waals surface area (Å²) in [6, 6.07) is 2.24. The van der Waals surface area contributed by atoms with E-state index in [0.29, 0.717) is 16.8 Å². The fourth-order valence-electron chi connectivity index (χ4n) is 2.95. The van der Waals surface area contributed by atoms with Crippen molar-refractivity contribution in [3.8, 4) is 5.82 Å². The Bertz CT molecular complexity index is 1300. The highest BCUT2D eigenvalue weighted by Crippen LogP contribution is 2.43. The van der Waals surface area contributed by atoms with Crippen LogP contribution in [0.15, 0.2) is 41.8 Å². The van der Waals surface area contributed by atoms with Crippen molar-refractivity contribution in [3.63, 3.8) is 0 Å². The van der Waals surface area contributed by atoms with Crippen LogP contribution < -0.4 is 0 Å². The highest BCUT2D eigenvalue weighted by molar-refractivity contribution is 7.99. The molecule has 4 aromatic heterocycles. The molecule has 0 unspecified atom stereocenters. The van der Waals surface area contributed by atoms with Gasteiger partial charge in [0.25, 0.3) is 0 Å². The first kappa shape index (κ1) is 22.3. The number of pyridine rings is 2. The van der Waals surface area contributed by atoms with Gasteiger partial charge in [0.2, 0.25) is 0 Å². The van der Waals surface area contributed by atoms with Gasteiger partial charge in [-0.2, -0.15) is 40.2 Å². The molecule has 0 aliphatic rings. The highest BCUT2D eigenvalue weighted by Gasteiger charge is 2.60. The average Bonchev–Trinajstić information content (AvgIpc) is 3.27. The molecule has 0 bridgehead atoms. The Hall–Kier alpha value is -2.90. The lowest BCUT2D eigenvalue weighted by molar-refractivity contribution is -0.290. The van der Waals surface area contributed by atoms with Crippen molar-refractivity contribution >= 4 is 28.3 Å². The molecule has 32 heavy (non-hydrogen) atoms. The lowest BCUT2D eigenvalue weighted by Gasteiger charge is -2.18. The van der Waals surface area contributed by atoms with Crippen LogP contribution in [-0.2, 0) is 12.1 Å². The van der Waals surface area contributed by atoms with Crippen molar-refractivity contribution in [2.75, 3.05) is 5.75 Å². The van der Waals surface area contributed by atoms with Gasteiger partial charge in [-0.1, -0.05) is 6.92 Å². The summed E-state index contributed by atoms with van der Waals surface area (Å²) >= 11 is 1.24. The molecule has 0 fully saturated rings. The highest BCUT2D eigenvalue weighted by atomic mass is 32.2. The van der Waals surface area contributed by atoms with Crippen molar-refractivity contribution in [3.05, 3.63) is 48.0 Å². The number of aromatic nitrogens is 5. The number of hydrogen-bond acceptors (Lipinski definition) is 4. The zero-order valence-corrected chi connectivity index (χ0v) is 16.7. The van der Waals surface area contributed by atoms with Crippen LogP contribution in [0.25, 0.3) is 22.4 Å². The second-order valence-electron chi connectivity index (χ2n) is 6.59. The molecule has 4 aromatic rings. The van der Waals surface area contributed by atoms with Crippen LogP contribution in [-0.4, -0.2) is 36.1 Å². The molecule has 0 N–H and O–H groups in total. The van der Waals surface area contributed by atoms with E-state index in [0.717, 1.165) is 23.0 Å². The fraction of sp³-hybridized carbons (Fsp3) is 0.278. The van der Waals surface area contributed by atoms with Crippen LogP contribution in [0.3, 0.4) is 0 Å². The summed E-state index contributed by atoms with van der Waals surface area (Å²) in [5, 5.41) is 4.57. The SMILES string of the molecule is CCSc1c(-n2cc3cnc(C(F)(F)C(F)(F)F)cc3n2)nc2cc(C(F)(F)F)ccn12. The normalized spacial score (nSPS) is 13.4. The Kier molecular flexibility index (Phi) is 5.10. The first-order valence-electron chi connectivity index (χ1n) is 8.86. The Morgan fingerprint density at radius 2 is 1.75 bits per heavy atom. The standard InChI is InChI=1S/C18H11F8N5S/c1-2-32-15-14(28-13-5-10(17(21,22)23)3-4-30(13)15)31-8-9-7-27-12(6-11(9)29-31)16(19,20)18(24,25)26/h3-8H,2H2,1H3. The van der Waals surface area contributed by atoms with Crippen LogP contribution in [0.4, 0.5) is 35.1 Å². The molecule has 5 nitrogen and oxygen atoms in total. The zero-order chi connectivity index (χ0) is 23.5. The maximum absolute atomic E-state index is 13.6. The summed E-state index contributed by atoms with van der Waals surface area (Å²) in [6.45, 7) is 1.80. The summed E-state index contributed by atoms with van der Waals surface area (Å²) in [5.41, 5.74) is -2.67. The number of rotatable bonds is 4. The van der Waals surface area contributed by atoms with E-state index in [2.05, 4.69) is 15.1 Å². The summed E-state index contributed by atoms with van der Waals surface area (Å²) in [6.07, 6.45) is -7.11. The first-order valence-corrected chi connectivity index (χ1v) is 9.84. The molecule has 0 saturated heterocycles. The lowest BCUT2D eigenvalue weighted by atomic mass is 10.2. The summed E-state index contributed by atoms with van der Waals surface area (Å²) in [7, 11) is 0. The monoisotopic (exact) mass is 481 g/mol. The zero-order valence-electron chi connectivity index (χ0n) is 15.8. The van der Waals surface area contributed by atoms with Crippen LogP contribution >= 0.6 is 11.8 Å². The molecule has 0 spiro atoms. The molecule has 4 rings (SSSR count). The third kappa shape index (κ3) is 3.65. The Balaban J connectivity index is 1.86. The van der Waals surface area contributed by atoms with Gasteiger partial charge in [0.05, 0.1) is 11.1 Å². The van der Waals surface area contributed by atoms with Crippen molar-refractivity contribution in [2.24, 2.45) is 0 Å². The van der Waals surface area contributed by atoms with Gasteiger partial charge in [0, 0.05) is 24.0 Å². The molecule has 170 valence electrons. The summed E-state index contributed by atoms with van der Waals surface area (Å²) < 4.78 is 107. The molecule has 0 aliphatic carbocycles. The molecule has 0 aromatic carbocycles. The van der Waals surface area contributed by atoms with Gasteiger partial charge in [-0.05, 0) is 24.0 Å². The van der Waals surface area contributed by atoms with Gasteiger partial charge in [-0.15, -0.1) is 11.8 Å². The van der Waals surface area contributed by atoms with E-state index in [-0.39, 0.29) is 22.4 Å². The molecule has 4 heterocycles. The van der Waals surface area contributed by atoms with E-state index < -0.39 is 29.5 Å². The fourth-order valence-corrected chi connectivity index (χ4v) is 3.78. The van der Waals surface area contributed by atoms with E-state index in [1.807, 2.05) is 0 Å². The summed E-state index contributed by atoms with van der Waals surface area (Å²) in [4.78, 5) is 7.39. The van der Waals surface area contributed by atoms with Gasteiger partial charge >= 0.3 is 18.3 Å². The van der Waals surface area contributed by atoms with Gasteiger partial charge in [-0.3, -0.25) is 9.38 Å². The minimum Gasteiger partial charge on any atom is -0.293 e. The largest absolute Gasteiger partial charge is 0.459 e. The van der Waals surface area contributed by atoms with Gasteiger partial charge in [-0.25, -0.2) is 9.67 Å². The van der Waals surface area contributed by atoms with Crippen molar-refractivity contribution < 1.29 is 35.1 Å². The molecule has 0 amide bonds. The molecular formula is C18H11F8N5S. The lowest BCUT2D eigenvalue weighted by Crippen LogP contribution is -2.34. The van der Waals surface area contributed by atoms with Gasteiger partial charge in [0.1, 0.15) is 16.4 Å². The van der Waals surface area contributed by atoms with E-state index in [1.54, 1.807) is 6.92 Å². The van der Waals surface area contributed by atoms with Gasteiger partial charge < -0.3 is 0 Å². The quantitative estimate of drug-likeness (QED) is 0.271. The predicted octanol–water partition coefficient (Wildman–Crippen LogP) is 5.85. The number of nitrogens with zero attached hydrogens (tertiary/aromatic N) is 5. The second kappa shape index (κ2) is 7.32. The number of imidazole rings is 1. The van der Waals surface area contributed by atoms with Crippen LogP contribution in [0, 0.1) is 0 Å². The Morgan fingerprint density at radius 1 is 1.03 bits per heavy atom. The second-order valence-corrected chi connectivity index (χ2v) is 7.84. The number of halogens is 8. The number of alkyl halides is 8. The topological polar surface area (TPSA) is 48.0 Å². The smallest absolute Gasteiger partial charge is 0.293 e. The molecular weight excluding hydrogens is 470 g/mol. The maximum Gasteiger partial charge on any atom is 0.459 e. The number of hydrogen-bond donors (Lipinski definition) is 0. The minimum atomic E-state index is -5.83. The predicted molar refractivity (Wildman–Crippen MR) is 99.0 cm³/mol. The molecule has 0 aliphatic heterocycles. The van der Waals surface area contributed by atoms with Crippen molar-refractivity contribution in [1.82, 2.24) is 24.1 Å². The number of thioether (sulfide) groups is 1. The third-order valence-electron chi connectivity index (χ3n) is 4.46. The van der Waals surface area contributed by atoms with Crippen LogP contribution in [0.1, 0.15) is 18.2 Å². The van der Waals surface area contributed by atoms with Crippen molar-refractivity contribution in [1.29, 1.82) is 0 Å². The van der Waals surface area contributed by atoms with Crippen LogP contribution in [0.2, 0.25) is 0 Å². The number of fused-ring (bicyclic) bond motifs is 2. The van der Waals surface area contributed by atoms with E-state index >= 15 is 0 Å². The summed E-state index contributed by atoms with van der Waals surface area (Å²) in [5.74, 6) is -4.56. The molecule has 0 saturated carbocycles. The Morgan fingerprint density at radius 3 is 2.38 bits per heavy atom. The molecule has 14 heteroatoms. The van der Waals surface area contributed by atoms with Crippen molar-refractivity contribution in [2.45, 2.75) is 30.2 Å². The average molecular weight is 481 g/mol. The molecule has 0 radical (unpaired) electrons. The third-order valence-corrected chi connectivity index (χ3v) is 5.40. The van der Waals surface area contributed by atoms with E-state index in [9.17, 15) is 35.1 Å². The van der Waals surface area contributed by atoms with E-state index in [4.69, 9.17) is 0 Å².